The number of piperazine rings is 1. The van der Waals surface area contributed by atoms with Gasteiger partial charge in [-0.25, -0.2) is 4.98 Å². The predicted octanol–water partition coefficient (Wildman–Crippen LogP) is 3.25. The minimum atomic E-state index is 0.129. The average molecular weight is 337 g/mol. The van der Waals surface area contributed by atoms with E-state index >= 15 is 0 Å². The monoisotopic (exact) mass is 337 g/mol. The molecule has 0 unspecified atom stereocenters. The van der Waals surface area contributed by atoms with Crippen molar-refractivity contribution in [3.05, 3.63) is 65.2 Å². The van der Waals surface area contributed by atoms with Gasteiger partial charge in [0.15, 0.2) is 0 Å². The van der Waals surface area contributed by atoms with Crippen LogP contribution in [0.1, 0.15) is 15.9 Å². The number of rotatable bonds is 3. The summed E-state index contributed by atoms with van der Waals surface area (Å²) in [5.74, 6) is 0.129. The van der Waals surface area contributed by atoms with Gasteiger partial charge in [0.25, 0.3) is 5.91 Å². The Balaban J connectivity index is 1.39. The standard InChI is InChI=1S/C19H19N3OS/c23-19(16-6-7-17-18(12-16)24-14-20-17)22-10-8-21(9-11-22)13-15-4-2-1-3-5-15/h1-7,12,14H,8-11,13H2. The van der Waals surface area contributed by atoms with E-state index in [1.165, 1.54) is 5.56 Å². The normalized spacial score (nSPS) is 15.8. The maximum absolute atomic E-state index is 12.7. The van der Waals surface area contributed by atoms with Crippen molar-refractivity contribution < 1.29 is 4.79 Å². The first-order valence-electron chi connectivity index (χ1n) is 8.18. The first-order valence-corrected chi connectivity index (χ1v) is 9.06. The number of benzene rings is 2. The molecular weight excluding hydrogens is 318 g/mol. The summed E-state index contributed by atoms with van der Waals surface area (Å²) in [5, 5.41) is 0. The second kappa shape index (κ2) is 6.71. The van der Waals surface area contributed by atoms with Crippen LogP contribution in [0, 0.1) is 0 Å². The predicted molar refractivity (Wildman–Crippen MR) is 97.2 cm³/mol. The van der Waals surface area contributed by atoms with E-state index in [9.17, 15) is 4.79 Å². The molecule has 4 rings (SSSR count). The highest BCUT2D eigenvalue weighted by Crippen LogP contribution is 2.20. The van der Waals surface area contributed by atoms with Crippen LogP contribution in [0.5, 0.6) is 0 Å². The van der Waals surface area contributed by atoms with E-state index in [0.29, 0.717) is 0 Å². The van der Waals surface area contributed by atoms with E-state index in [4.69, 9.17) is 0 Å². The number of nitrogens with zero attached hydrogens (tertiary/aromatic N) is 3. The van der Waals surface area contributed by atoms with Gasteiger partial charge in [-0.1, -0.05) is 30.3 Å². The number of carbonyl (C=O) groups is 1. The second-order valence-corrected chi connectivity index (χ2v) is 6.98. The molecule has 1 amide bonds. The molecule has 122 valence electrons. The van der Waals surface area contributed by atoms with Gasteiger partial charge in [-0.05, 0) is 23.8 Å². The Hall–Kier alpha value is -2.24. The number of thiazole rings is 1. The van der Waals surface area contributed by atoms with E-state index in [2.05, 4.69) is 34.1 Å². The van der Waals surface area contributed by atoms with Crippen LogP contribution < -0.4 is 0 Å². The molecule has 1 aromatic heterocycles. The lowest BCUT2D eigenvalue weighted by atomic mass is 10.1. The quantitative estimate of drug-likeness (QED) is 0.736. The molecule has 24 heavy (non-hydrogen) atoms. The highest BCUT2D eigenvalue weighted by molar-refractivity contribution is 7.16. The molecule has 2 aromatic carbocycles. The second-order valence-electron chi connectivity index (χ2n) is 6.09. The van der Waals surface area contributed by atoms with Crippen LogP contribution in [0.2, 0.25) is 0 Å². The molecule has 1 fully saturated rings. The van der Waals surface area contributed by atoms with Gasteiger partial charge < -0.3 is 4.90 Å². The Labute approximate surface area is 145 Å². The van der Waals surface area contributed by atoms with Crippen LogP contribution in [0.3, 0.4) is 0 Å². The highest BCUT2D eigenvalue weighted by Gasteiger charge is 2.22. The van der Waals surface area contributed by atoms with Crippen molar-refractivity contribution in [1.82, 2.24) is 14.8 Å². The van der Waals surface area contributed by atoms with Gasteiger partial charge in [-0.2, -0.15) is 0 Å². The number of carbonyl (C=O) groups excluding carboxylic acids is 1. The minimum Gasteiger partial charge on any atom is -0.336 e. The van der Waals surface area contributed by atoms with Gasteiger partial charge >= 0.3 is 0 Å². The molecule has 0 saturated carbocycles. The van der Waals surface area contributed by atoms with Crippen molar-refractivity contribution >= 4 is 27.5 Å². The van der Waals surface area contributed by atoms with E-state index in [1.54, 1.807) is 11.3 Å². The summed E-state index contributed by atoms with van der Waals surface area (Å²) in [5.41, 5.74) is 4.88. The average Bonchev–Trinajstić information content (AvgIpc) is 3.10. The fourth-order valence-electron chi connectivity index (χ4n) is 3.12. The Morgan fingerprint density at radius 1 is 1.04 bits per heavy atom. The zero-order valence-electron chi connectivity index (χ0n) is 13.4. The first-order chi connectivity index (χ1) is 11.8. The fourth-order valence-corrected chi connectivity index (χ4v) is 3.84. The van der Waals surface area contributed by atoms with Gasteiger partial charge in [0, 0.05) is 38.3 Å². The molecule has 5 heteroatoms. The van der Waals surface area contributed by atoms with Crippen molar-refractivity contribution in [3.63, 3.8) is 0 Å². The lowest BCUT2D eigenvalue weighted by molar-refractivity contribution is 0.0628. The van der Waals surface area contributed by atoms with E-state index in [1.807, 2.05) is 34.7 Å². The van der Waals surface area contributed by atoms with Crippen molar-refractivity contribution in [2.24, 2.45) is 0 Å². The van der Waals surface area contributed by atoms with Gasteiger partial charge in [-0.3, -0.25) is 9.69 Å². The topological polar surface area (TPSA) is 36.4 Å². The molecule has 1 saturated heterocycles. The Morgan fingerprint density at radius 3 is 2.62 bits per heavy atom. The largest absolute Gasteiger partial charge is 0.336 e. The fraction of sp³-hybridized carbons (Fsp3) is 0.263. The van der Waals surface area contributed by atoms with Crippen molar-refractivity contribution in [2.75, 3.05) is 26.2 Å². The molecule has 0 spiro atoms. The van der Waals surface area contributed by atoms with Crippen LogP contribution >= 0.6 is 11.3 Å². The maximum atomic E-state index is 12.7. The number of aromatic nitrogens is 1. The molecule has 0 atom stereocenters. The maximum Gasteiger partial charge on any atom is 0.253 e. The molecule has 1 aliphatic heterocycles. The number of hydrogen-bond donors (Lipinski definition) is 0. The Morgan fingerprint density at radius 2 is 1.83 bits per heavy atom. The lowest BCUT2D eigenvalue weighted by Crippen LogP contribution is -2.48. The summed E-state index contributed by atoms with van der Waals surface area (Å²) in [6.45, 7) is 4.36. The molecule has 4 nitrogen and oxygen atoms in total. The zero-order valence-corrected chi connectivity index (χ0v) is 14.2. The Bertz CT molecular complexity index is 838. The molecule has 1 aliphatic rings. The third kappa shape index (κ3) is 3.18. The number of fused-ring (bicyclic) bond motifs is 1. The number of hydrogen-bond acceptors (Lipinski definition) is 4. The summed E-state index contributed by atoms with van der Waals surface area (Å²) < 4.78 is 1.07. The summed E-state index contributed by atoms with van der Waals surface area (Å²) in [6, 6.07) is 16.3. The molecule has 2 heterocycles. The van der Waals surface area contributed by atoms with E-state index in [0.717, 1.165) is 48.5 Å². The Kier molecular flexibility index (Phi) is 4.28. The lowest BCUT2D eigenvalue weighted by Gasteiger charge is -2.34. The van der Waals surface area contributed by atoms with Gasteiger partial charge in [0.2, 0.25) is 0 Å². The molecule has 0 radical (unpaired) electrons. The third-order valence-electron chi connectivity index (χ3n) is 4.49. The summed E-state index contributed by atoms with van der Waals surface area (Å²) in [7, 11) is 0. The molecule has 0 N–H and O–H groups in total. The molecule has 0 bridgehead atoms. The molecular formula is C19H19N3OS. The molecule has 0 aliphatic carbocycles. The third-order valence-corrected chi connectivity index (χ3v) is 5.28. The summed E-state index contributed by atoms with van der Waals surface area (Å²) in [6.07, 6.45) is 0. The molecule has 3 aromatic rings. The van der Waals surface area contributed by atoms with Gasteiger partial charge in [0.1, 0.15) is 0 Å². The van der Waals surface area contributed by atoms with Crippen LogP contribution in [-0.4, -0.2) is 46.9 Å². The minimum absolute atomic E-state index is 0.129. The SMILES string of the molecule is O=C(c1ccc2ncsc2c1)N1CCN(Cc2ccccc2)CC1. The first kappa shape index (κ1) is 15.3. The van der Waals surface area contributed by atoms with Crippen molar-refractivity contribution in [2.45, 2.75) is 6.54 Å². The highest BCUT2D eigenvalue weighted by atomic mass is 32.1. The van der Waals surface area contributed by atoms with E-state index < -0.39 is 0 Å². The van der Waals surface area contributed by atoms with Gasteiger partial charge in [-0.15, -0.1) is 11.3 Å². The summed E-state index contributed by atoms with van der Waals surface area (Å²) in [4.78, 5) is 21.4. The van der Waals surface area contributed by atoms with Crippen molar-refractivity contribution in [3.8, 4) is 0 Å². The van der Waals surface area contributed by atoms with Crippen LogP contribution in [0.4, 0.5) is 0 Å². The van der Waals surface area contributed by atoms with Gasteiger partial charge in [0.05, 0.1) is 15.7 Å². The van der Waals surface area contributed by atoms with Crippen molar-refractivity contribution in [1.29, 1.82) is 0 Å². The smallest absolute Gasteiger partial charge is 0.253 e. The van der Waals surface area contributed by atoms with Crippen LogP contribution in [0.15, 0.2) is 54.0 Å². The number of amides is 1. The van der Waals surface area contributed by atoms with E-state index in [-0.39, 0.29) is 5.91 Å². The zero-order chi connectivity index (χ0) is 16.4. The van der Waals surface area contributed by atoms with Crippen LogP contribution in [-0.2, 0) is 6.54 Å². The van der Waals surface area contributed by atoms with Crippen LogP contribution in [0.25, 0.3) is 10.2 Å². The summed E-state index contributed by atoms with van der Waals surface area (Å²) >= 11 is 1.58.